The zero-order valence-corrected chi connectivity index (χ0v) is 9.31. The minimum absolute atomic E-state index is 0.131. The van der Waals surface area contributed by atoms with Gasteiger partial charge in [-0.25, -0.2) is 4.79 Å². The van der Waals surface area contributed by atoms with Crippen molar-refractivity contribution in [1.29, 1.82) is 0 Å². The highest BCUT2D eigenvalue weighted by Crippen LogP contribution is 2.16. The summed E-state index contributed by atoms with van der Waals surface area (Å²) in [6, 6.07) is 5.54. The van der Waals surface area contributed by atoms with E-state index >= 15 is 0 Å². The first-order valence-corrected chi connectivity index (χ1v) is 4.68. The molecule has 0 fully saturated rings. The summed E-state index contributed by atoms with van der Waals surface area (Å²) in [5.74, 6) is -0.820. The maximum atomic E-state index is 11.2. The second-order valence-corrected chi connectivity index (χ2v) is 3.06. The Morgan fingerprint density at radius 1 is 1.61 bits per heavy atom. The van der Waals surface area contributed by atoms with Gasteiger partial charge in [0.15, 0.2) is 0 Å². The summed E-state index contributed by atoms with van der Waals surface area (Å²) >= 11 is 0. The van der Waals surface area contributed by atoms with Gasteiger partial charge in [0.2, 0.25) is 0 Å². The van der Waals surface area contributed by atoms with Crippen LogP contribution in [0.4, 0.5) is 5.69 Å². The summed E-state index contributed by atoms with van der Waals surface area (Å²) < 4.78 is 4.41. The van der Waals surface area contributed by atoms with E-state index in [-0.39, 0.29) is 11.4 Å². The second-order valence-electron chi connectivity index (χ2n) is 3.06. The van der Waals surface area contributed by atoms with Crippen molar-refractivity contribution in [3.63, 3.8) is 0 Å². The van der Waals surface area contributed by atoms with Gasteiger partial charge in [-0.15, -0.1) is 0 Å². The molecule has 18 heavy (non-hydrogen) atoms. The molecule has 8 nitrogen and oxygen atoms in total. The Balaban J connectivity index is 3.19. The number of nitrogens with zero attached hydrogens (tertiary/aromatic N) is 4. The fraction of sp³-hybridized carbons (Fsp3) is 0.100. The number of non-ortho nitro benzene ring substituents is 1. The van der Waals surface area contributed by atoms with Crippen molar-refractivity contribution in [2.24, 2.45) is 5.11 Å². The van der Waals surface area contributed by atoms with Gasteiger partial charge >= 0.3 is 5.97 Å². The minimum atomic E-state index is -0.820. The lowest BCUT2D eigenvalue weighted by Gasteiger charge is -1.99. The molecule has 1 aromatic carbocycles. The number of methoxy groups -OCH3 is 1. The molecular formula is C10H8N4O4. The molecule has 0 aliphatic rings. The van der Waals surface area contributed by atoms with Crippen LogP contribution in [-0.2, 0) is 9.53 Å². The molecule has 1 rings (SSSR count). The first-order valence-electron chi connectivity index (χ1n) is 4.68. The van der Waals surface area contributed by atoms with E-state index in [1.165, 1.54) is 30.3 Å². The molecule has 0 bridgehead atoms. The highest BCUT2D eigenvalue weighted by molar-refractivity contribution is 5.93. The maximum Gasteiger partial charge on any atom is 0.340 e. The Morgan fingerprint density at radius 2 is 2.33 bits per heavy atom. The quantitative estimate of drug-likeness (QED) is 0.154. The number of ether oxygens (including phenoxy) is 1. The molecule has 1 aromatic rings. The van der Waals surface area contributed by atoms with E-state index in [9.17, 15) is 14.9 Å². The number of esters is 1. The summed E-state index contributed by atoms with van der Waals surface area (Å²) in [5, 5.41) is 13.7. The van der Waals surface area contributed by atoms with Crippen LogP contribution in [0.2, 0.25) is 0 Å². The number of hydrogen-bond acceptors (Lipinski definition) is 5. The van der Waals surface area contributed by atoms with Crippen LogP contribution in [-0.4, -0.2) is 18.0 Å². The van der Waals surface area contributed by atoms with Crippen molar-refractivity contribution < 1.29 is 14.5 Å². The molecule has 0 aliphatic heterocycles. The molecule has 0 unspecified atom stereocenters. The van der Waals surface area contributed by atoms with Gasteiger partial charge in [0.05, 0.1) is 12.0 Å². The van der Waals surface area contributed by atoms with Crippen molar-refractivity contribution in [2.75, 3.05) is 7.11 Å². The van der Waals surface area contributed by atoms with E-state index < -0.39 is 10.9 Å². The highest BCUT2D eigenvalue weighted by Gasteiger charge is 2.09. The van der Waals surface area contributed by atoms with Gasteiger partial charge in [0.25, 0.3) is 5.69 Å². The molecule has 0 saturated heterocycles. The van der Waals surface area contributed by atoms with Crippen LogP contribution in [0, 0.1) is 10.1 Å². The van der Waals surface area contributed by atoms with Crippen LogP contribution in [0.15, 0.2) is 35.1 Å². The zero-order chi connectivity index (χ0) is 13.5. The first-order chi connectivity index (χ1) is 8.58. The number of azide groups is 1. The van der Waals surface area contributed by atoms with Gasteiger partial charge in [-0.3, -0.25) is 10.1 Å². The van der Waals surface area contributed by atoms with E-state index in [0.717, 1.165) is 7.11 Å². The Bertz CT molecular complexity index is 561. The molecule has 0 saturated carbocycles. The van der Waals surface area contributed by atoms with Crippen LogP contribution >= 0.6 is 0 Å². The van der Waals surface area contributed by atoms with E-state index in [1.54, 1.807) is 0 Å². The molecule has 0 N–H and O–H groups in total. The normalized spacial score (nSPS) is 10.4. The van der Waals surface area contributed by atoms with Crippen molar-refractivity contribution in [3.8, 4) is 0 Å². The average Bonchev–Trinajstić information content (AvgIpc) is 2.37. The molecule has 0 spiro atoms. The summed E-state index contributed by atoms with van der Waals surface area (Å²) in [7, 11) is 1.14. The summed E-state index contributed by atoms with van der Waals surface area (Å²) in [6.07, 6.45) is 1.21. The molecule has 0 aliphatic carbocycles. The predicted molar refractivity (Wildman–Crippen MR) is 62.2 cm³/mol. The highest BCUT2D eigenvalue weighted by atomic mass is 16.6. The topological polar surface area (TPSA) is 118 Å². The van der Waals surface area contributed by atoms with Crippen LogP contribution in [0.1, 0.15) is 5.56 Å². The molecular weight excluding hydrogens is 240 g/mol. The molecule has 0 aromatic heterocycles. The van der Waals surface area contributed by atoms with Crippen LogP contribution < -0.4 is 0 Å². The number of carbonyl (C=O) groups is 1. The number of hydrogen-bond donors (Lipinski definition) is 0. The third-order valence-corrected chi connectivity index (χ3v) is 1.93. The molecule has 0 amide bonds. The number of nitro benzene ring substituents is 1. The van der Waals surface area contributed by atoms with Gasteiger partial charge in [-0.2, -0.15) is 0 Å². The van der Waals surface area contributed by atoms with E-state index in [1.807, 2.05) is 0 Å². The summed E-state index contributed by atoms with van der Waals surface area (Å²) in [5.41, 5.74) is 8.25. The smallest absolute Gasteiger partial charge is 0.340 e. The van der Waals surface area contributed by atoms with Crippen molar-refractivity contribution in [1.82, 2.24) is 0 Å². The van der Waals surface area contributed by atoms with Gasteiger partial charge < -0.3 is 4.74 Å². The standard InChI is InChI=1S/C10H8N4O4/c1-18-10(15)9(12-13-11)6-7-3-2-4-8(5-7)14(16)17/h2-6H,1H3. The van der Waals surface area contributed by atoms with Crippen molar-refractivity contribution in [2.45, 2.75) is 0 Å². The minimum Gasteiger partial charge on any atom is -0.466 e. The zero-order valence-electron chi connectivity index (χ0n) is 9.31. The lowest BCUT2D eigenvalue weighted by atomic mass is 10.1. The van der Waals surface area contributed by atoms with Crippen LogP contribution in [0.25, 0.3) is 16.5 Å². The number of benzene rings is 1. The fourth-order valence-electron chi connectivity index (χ4n) is 1.17. The van der Waals surface area contributed by atoms with Gasteiger partial charge in [-0.05, 0) is 17.2 Å². The number of carbonyl (C=O) groups excluding carboxylic acids is 1. The molecule has 0 heterocycles. The van der Waals surface area contributed by atoms with Gasteiger partial charge in [0, 0.05) is 17.0 Å². The Labute approximate surface area is 101 Å². The molecule has 0 radical (unpaired) electrons. The van der Waals surface area contributed by atoms with Crippen LogP contribution in [0.3, 0.4) is 0 Å². The Kier molecular flexibility index (Phi) is 4.42. The largest absolute Gasteiger partial charge is 0.466 e. The average molecular weight is 248 g/mol. The molecule has 92 valence electrons. The third kappa shape index (κ3) is 3.32. The monoisotopic (exact) mass is 248 g/mol. The van der Waals surface area contributed by atoms with Gasteiger partial charge in [-0.1, -0.05) is 17.2 Å². The fourth-order valence-corrected chi connectivity index (χ4v) is 1.17. The Hall–Kier alpha value is -2.86. The van der Waals surface area contributed by atoms with Gasteiger partial charge in [0.1, 0.15) is 5.70 Å². The molecule has 0 atom stereocenters. The summed E-state index contributed by atoms with van der Waals surface area (Å²) in [4.78, 5) is 23.7. The first kappa shape index (κ1) is 13.2. The van der Waals surface area contributed by atoms with Crippen LogP contribution in [0.5, 0.6) is 0 Å². The predicted octanol–water partition coefficient (Wildman–Crippen LogP) is 2.42. The summed E-state index contributed by atoms with van der Waals surface area (Å²) in [6.45, 7) is 0. The third-order valence-electron chi connectivity index (χ3n) is 1.93. The lowest BCUT2D eigenvalue weighted by Crippen LogP contribution is -2.01. The number of rotatable bonds is 4. The van der Waals surface area contributed by atoms with Crippen molar-refractivity contribution >= 4 is 17.7 Å². The number of nitro groups is 1. The van der Waals surface area contributed by atoms with E-state index in [2.05, 4.69) is 14.8 Å². The lowest BCUT2D eigenvalue weighted by molar-refractivity contribution is -0.384. The van der Waals surface area contributed by atoms with E-state index in [0.29, 0.717) is 5.56 Å². The van der Waals surface area contributed by atoms with Crippen molar-refractivity contribution in [3.05, 3.63) is 56.1 Å². The van der Waals surface area contributed by atoms with E-state index in [4.69, 9.17) is 5.53 Å². The SMILES string of the molecule is COC(=O)C(=Cc1cccc([N+](=O)[O-])c1)N=[N+]=[N-]. The molecule has 8 heteroatoms. The maximum absolute atomic E-state index is 11.2. The second kappa shape index (κ2) is 6.02. The Morgan fingerprint density at radius 3 is 2.89 bits per heavy atom.